The number of aryl methyl sites for hydroxylation is 1. The second-order valence-corrected chi connectivity index (χ2v) is 6.33. The predicted octanol–water partition coefficient (Wildman–Crippen LogP) is 2.08. The van der Waals surface area contributed by atoms with Crippen LogP contribution >= 0.6 is 0 Å². The topological polar surface area (TPSA) is 65.8 Å². The second kappa shape index (κ2) is 8.48. The van der Waals surface area contributed by atoms with Crippen LogP contribution in [0.4, 0.5) is 0 Å². The van der Waals surface area contributed by atoms with E-state index in [2.05, 4.69) is 34.5 Å². The van der Waals surface area contributed by atoms with Gasteiger partial charge in [-0.15, -0.1) is 0 Å². The summed E-state index contributed by atoms with van der Waals surface area (Å²) >= 11 is 0. The summed E-state index contributed by atoms with van der Waals surface area (Å²) in [7, 11) is 5.53. The Morgan fingerprint density at radius 2 is 1.80 bits per heavy atom. The van der Waals surface area contributed by atoms with Gasteiger partial charge >= 0.3 is 0 Å². The highest BCUT2D eigenvalue weighted by Gasteiger charge is 2.19. The average Bonchev–Trinajstić information content (AvgIpc) is 3.10. The molecule has 0 aliphatic carbocycles. The maximum absolute atomic E-state index is 12.2. The summed E-state index contributed by atoms with van der Waals surface area (Å²) < 4.78 is 5.07. The Morgan fingerprint density at radius 3 is 2.36 bits per heavy atom. The van der Waals surface area contributed by atoms with Gasteiger partial charge in [-0.2, -0.15) is 0 Å². The van der Waals surface area contributed by atoms with E-state index in [0.717, 1.165) is 5.56 Å². The summed E-state index contributed by atoms with van der Waals surface area (Å²) in [6, 6.07) is 11.5. The Bertz CT molecular complexity index is 693. The number of hydrogen-bond donors (Lipinski definition) is 1. The SMILES string of the molecule is Cc1ccc([C@@H](CNC(=O)CN(C)C(=O)c2ccco2)N(C)C)cc1. The Labute approximate surface area is 148 Å². The minimum atomic E-state index is -0.317. The molecule has 6 nitrogen and oxygen atoms in total. The molecule has 2 rings (SSSR count). The number of likely N-dealkylation sites (N-methyl/N-ethyl adjacent to an activating group) is 2. The fourth-order valence-electron chi connectivity index (χ4n) is 2.53. The van der Waals surface area contributed by atoms with Crippen LogP contribution in [-0.2, 0) is 4.79 Å². The fourth-order valence-corrected chi connectivity index (χ4v) is 2.53. The molecule has 134 valence electrons. The smallest absolute Gasteiger partial charge is 0.289 e. The monoisotopic (exact) mass is 343 g/mol. The van der Waals surface area contributed by atoms with E-state index in [1.54, 1.807) is 19.2 Å². The lowest BCUT2D eigenvalue weighted by molar-refractivity contribution is -0.121. The summed E-state index contributed by atoms with van der Waals surface area (Å²) in [5.41, 5.74) is 2.33. The number of carbonyl (C=O) groups excluding carboxylic acids is 2. The molecule has 0 saturated heterocycles. The number of benzene rings is 1. The first-order valence-corrected chi connectivity index (χ1v) is 8.17. The summed E-state index contributed by atoms with van der Waals surface area (Å²) in [4.78, 5) is 27.7. The largest absolute Gasteiger partial charge is 0.459 e. The molecule has 0 aliphatic rings. The van der Waals surface area contributed by atoms with Crippen molar-refractivity contribution >= 4 is 11.8 Å². The van der Waals surface area contributed by atoms with E-state index in [1.165, 1.54) is 16.7 Å². The van der Waals surface area contributed by atoms with Crippen molar-refractivity contribution in [2.45, 2.75) is 13.0 Å². The van der Waals surface area contributed by atoms with Gasteiger partial charge in [0.25, 0.3) is 5.91 Å². The van der Waals surface area contributed by atoms with Gasteiger partial charge in [-0.25, -0.2) is 0 Å². The van der Waals surface area contributed by atoms with Crippen LogP contribution in [0.1, 0.15) is 27.7 Å². The van der Waals surface area contributed by atoms with E-state index in [1.807, 2.05) is 21.0 Å². The number of amides is 2. The Morgan fingerprint density at radius 1 is 1.12 bits per heavy atom. The maximum atomic E-state index is 12.2. The Balaban J connectivity index is 1.90. The van der Waals surface area contributed by atoms with Gasteiger partial charge in [-0.05, 0) is 38.7 Å². The Kier molecular flexibility index (Phi) is 6.36. The molecular weight excluding hydrogens is 318 g/mol. The van der Waals surface area contributed by atoms with E-state index >= 15 is 0 Å². The van der Waals surface area contributed by atoms with Gasteiger partial charge in [0.15, 0.2) is 5.76 Å². The van der Waals surface area contributed by atoms with Gasteiger partial charge in [0, 0.05) is 13.6 Å². The van der Waals surface area contributed by atoms with Crippen LogP contribution in [0.2, 0.25) is 0 Å². The van der Waals surface area contributed by atoms with Crippen LogP contribution in [0.3, 0.4) is 0 Å². The van der Waals surface area contributed by atoms with Crippen LogP contribution in [0, 0.1) is 6.92 Å². The van der Waals surface area contributed by atoms with Gasteiger partial charge in [0.2, 0.25) is 5.91 Å². The molecule has 1 atom stereocenters. The third-order valence-electron chi connectivity index (χ3n) is 4.04. The van der Waals surface area contributed by atoms with Gasteiger partial charge < -0.3 is 19.5 Å². The molecule has 1 aromatic carbocycles. The third-order valence-corrected chi connectivity index (χ3v) is 4.04. The van der Waals surface area contributed by atoms with E-state index in [-0.39, 0.29) is 30.2 Å². The summed E-state index contributed by atoms with van der Waals surface area (Å²) in [5, 5.41) is 2.90. The van der Waals surface area contributed by atoms with Crippen molar-refractivity contribution in [3.05, 3.63) is 59.5 Å². The molecule has 0 bridgehead atoms. The van der Waals surface area contributed by atoms with Crippen molar-refractivity contribution in [3.63, 3.8) is 0 Å². The van der Waals surface area contributed by atoms with Crippen molar-refractivity contribution in [3.8, 4) is 0 Å². The number of furan rings is 1. The first-order valence-electron chi connectivity index (χ1n) is 8.17. The maximum Gasteiger partial charge on any atom is 0.289 e. The van der Waals surface area contributed by atoms with E-state index in [9.17, 15) is 9.59 Å². The molecule has 25 heavy (non-hydrogen) atoms. The standard InChI is InChI=1S/C19H25N3O3/c1-14-7-9-15(10-8-14)16(21(2)3)12-20-18(23)13-22(4)19(24)17-6-5-11-25-17/h5-11,16H,12-13H2,1-4H3,(H,20,23)/t16-/m1/s1. The predicted molar refractivity (Wildman–Crippen MR) is 96.3 cm³/mol. The highest BCUT2D eigenvalue weighted by Crippen LogP contribution is 2.17. The third kappa shape index (κ3) is 5.19. The van der Waals surface area contributed by atoms with Crippen molar-refractivity contribution in [2.24, 2.45) is 0 Å². The molecule has 0 spiro atoms. The summed E-state index contributed by atoms with van der Waals surface area (Å²) in [5.74, 6) is -0.301. The molecule has 2 amide bonds. The zero-order chi connectivity index (χ0) is 18.4. The quantitative estimate of drug-likeness (QED) is 0.836. The summed E-state index contributed by atoms with van der Waals surface area (Å²) in [6.07, 6.45) is 1.43. The summed E-state index contributed by atoms with van der Waals surface area (Å²) in [6.45, 7) is 2.49. The number of hydrogen-bond acceptors (Lipinski definition) is 4. The van der Waals surface area contributed by atoms with Crippen LogP contribution < -0.4 is 5.32 Å². The van der Waals surface area contributed by atoms with Crippen LogP contribution in [0.25, 0.3) is 0 Å². The van der Waals surface area contributed by atoms with Gasteiger partial charge in [-0.3, -0.25) is 9.59 Å². The average molecular weight is 343 g/mol. The minimum absolute atomic E-state index is 0.0203. The second-order valence-electron chi connectivity index (χ2n) is 6.33. The Hall–Kier alpha value is -2.60. The lowest BCUT2D eigenvalue weighted by Crippen LogP contribution is -2.41. The van der Waals surface area contributed by atoms with Crippen LogP contribution in [-0.4, -0.2) is 55.8 Å². The molecule has 0 aliphatic heterocycles. The number of nitrogens with one attached hydrogen (secondary N) is 1. The molecule has 1 heterocycles. The van der Waals surface area contributed by atoms with Crippen LogP contribution in [0.15, 0.2) is 47.1 Å². The highest BCUT2D eigenvalue weighted by molar-refractivity contribution is 5.94. The van der Waals surface area contributed by atoms with Crippen molar-refractivity contribution < 1.29 is 14.0 Å². The first-order chi connectivity index (χ1) is 11.9. The normalized spacial score (nSPS) is 12.0. The molecule has 0 unspecified atom stereocenters. The van der Waals surface area contributed by atoms with E-state index in [0.29, 0.717) is 6.54 Å². The zero-order valence-corrected chi connectivity index (χ0v) is 15.2. The van der Waals surface area contributed by atoms with E-state index < -0.39 is 0 Å². The van der Waals surface area contributed by atoms with Gasteiger partial charge in [-0.1, -0.05) is 29.8 Å². The molecule has 2 aromatic rings. The number of nitrogens with zero attached hydrogens (tertiary/aromatic N) is 2. The van der Waals surface area contributed by atoms with Gasteiger partial charge in [0.05, 0.1) is 18.8 Å². The molecule has 0 fully saturated rings. The van der Waals surface area contributed by atoms with Gasteiger partial charge in [0.1, 0.15) is 0 Å². The lowest BCUT2D eigenvalue weighted by Gasteiger charge is -2.25. The van der Waals surface area contributed by atoms with Crippen LogP contribution in [0.5, 0.6) is 0 Å². The number of carbonyl (C=O) groups is 2. The zero-order valence-electron chi connectivity index (χ0n) is 15.2. The molecule has 0 radical (unpaired) electrons. The fraction of sp³-hybridized carbons (Fsp3) is 0.368. The minimum Gasteiger partial charge on any atom is -0.459 e. The number of rotatable bonds is 7. The van der Waals surface area contributed by atoms with Crippen molar-refractivity contribution in [1.29, 1.82) is 0 Å². The molecular formula is C19H25N3O3. The first kappa shape index (κ1) is 18.7. The molecule has 1 aromatic heterocycles. The van der Waals surface area contributed by atoms with E-state index in [4.69, 9.17) is 4.42 Å². The molecule has 0 saturated carbocycles. The van der Waals surface area contributed by atoms with Crippen molar-refractivity contribution in [1.82, 2.24) is 15.1 Å². The lowest BCUT2D eigenvalue weighted by atomic mass is 10.0. The molecule has 1 N–H and O–H groups in total. The van der Waals surface area contributed by atoms with Crippen molar-refractivity contribution in [2.75, 3.05) is 34.2 Å². The highest BCUT2D eigenvalue weighted by atomic mass is 16.3. The molecule has 6 heteroatoms.